The second kappa shape index (κ2) is 8.64. The fraction of sp³-hybridized carbons (Fsp3) is 0.200. The molecule has 0 aliphatic heterocycles. The summed E-state index contributed by atoms with van der Waals surface area (Å²) in [5.41, 5.74) is 1.23. The van der Waals surface area contributed by atoms with Crippen LogP contribution in [0.5, 0.6) is 0 Å². The summed E-state index contributed by atoms with van der Waals surface area (Å²) in [5.74, 6) is 0.0240. The summed E-state index contributed by atoms with van der Waals surface area (Å²) in [6, 6.07) is 13.0. The molecule has 0 aliphatic carbocycles. The lowest BCUT2D eigenvalue weighted by atomic mass is 10.1. The maximum absolute atomic E-state index is 12.7. The Hall–Kier alpha value is -2.93. The van der Waals surface area contributed by atoms with Gasteiger partial charge in [-0.2, -0.15) is 0 Å². The maximum atomic E-state index is 12.7. The van der Waals surface area contributed by atoms with E-state index in [1.165, 1.54) is 16.3 Å². The van der Waals surface area contributed by atoms with Gasteiger partial charge in [0.25, 0.3) is 5.56 Å². The molecule has 1 aromatic carbocycles. The topological polar surface area (TPSA) is 76.9 Å². The van der Waals surface area contributed by atoms with Crippen LogP contribution >= 0.6 is 11.8 Å². The number of nitrogens with zero attached hydrogens (tertiary/aromatic N) is 3. The minimum absolute atomic E-state index is 0.0964. The van der Waals surface area contributed by atoms with Crippen LogP contribution in [0.2, 0.25) is 0 Å². The SMILES string of the molecule is C=CCn1c(SCC(=O)N[C@H](C)c2ccccc2)nc2ncccc2c1=O. The molecule has 1 atom stereocenters. The third-order valence-electron chi connectivity index (χ3n) is 4.02. The molecule has 0 fully saturated rings. The van der Waals surface area contributed by atoms with Crippen LogP contribution < -0.4 is 10.9 Å². The van der Waals surface area contributed by atoms with Gasteiger partial charge in [0.1, 0.15) is 0 Å². The molecular weight excluding hydrogens is 360 g/mol. The monoisotopic (exact) mass is 380 g/mol. The zero-order chi connectivity index (χ0) is 19.2. The number of amides is 1. The number of nitrogens with one attached hydrogen (secondary N) is 1. The number of thioether (sulfide) groups is 1. The Morgan fingerprint density at radius 3 is 2.81 bits per heavy atom. The van der Waals surface area contributed by atoms with Crippen molar-refractivity contribution in [3.63, 3.8) is 0 Å². The minimum atomic E-state index is -0.187. The van der Waals surface area contributed by atoms with Crippen LogP contribution in [0.25, 0.3) is 11.0 Å². The summed E-state index contributed by atoms with van der Waals surface area (Å²) in [4.78, 5) is 33.6. The van der Waals surface area contributed by atoms with Gasteiger partial charge in [-0.3, -0.25) is 14.2 Å². The van der Waals surface area contributed by atoms with E-state index in [0.717, 1.165) is 5.56 Å². The van der Waals surface area contributed by atoms with Crippen molar-refractivity contribution in [2.45, 2.75) is 24.7 Å². The highest BCUT2D eigenvalue weighted by Gasteiger charge is 2.14. The summed E-state index contributed by atoms with van der Waals surface area (Å²) >= 11 is 1.21. The zero-order valence-electron chi connectivity index (χ0n) is 15.0. The largest absolute Gasteiger partial charge is 0.349 e. The van der Waals surface area contributed by atoms with E-state index < -0.39 is 0 Å². The average molecular weight is 380 g/mol. The first-order chi connectivity index (χ1) is 13.1. The second-order valence-corrected chi connectivity index (χ2v) is 6.90. The highest BCUT2D eigenvalue weighted by atomic mass is 32.2. The van der Waals surface area contributed by atoms with Crippen molar-refractivity contribution in [3.05, 3.63) is 77.2 Å². The normalized spacial score (nSPS) is 11.9. The lowest BCUT2D eigenvalue weighted by Gasteiger charge is -2.15. The summed E-state index contributed by atoms with van der Waals surface area (Å²) in [7, 11) is 0. The molecule has 7 heteroatoms. The summed E-state index contributed by atoms with van der Waals surface area (Å²) < 4.78 is 1.51. The molecule has 2 heterocycles. The number of hydrogen-bond acceptors (Lipinski definition) is 5. The minimum Gasteiger partial charge on any atom is -0.349 e. The summed E-state index contributed by atoms with van der Waals surface area (Å²) in [6.45, 7) is 5.95. The zero-order valence-corrected chi connectivity index (χ0v) is 15.8. The predicted octanol–water partition coefficient (Wildman–Crippen LogP) is 2.95. The van der Waals surface area contributed by atoms with Crippen LogP contribution in [0.3, 0.4) is 0 Å². The van der Waals surface area contributed by atoms with E-state index in [2.05, 4.69) is 21.9 Å². The molecule has 3 rings (SSSR count). The Labute approximate surface area is 161 Å². The Morgan fingerprint density at radius 1 is 1.30 bits per heavy atom. The Morgan fingerprint density at radius 2 is 2.07 bits per heavy atom. The third-order valence-corrected chi connectivity index (χ3v) is 4.99. The fourth-order valence-corrected chi connectivity index (χ4v) is 3.48. The number of aromatic nitrogens is 3. The van der Waals surface area contributed by atoms with Crippen molar-refractivity contribution in [3.8, 4) is 0 Å². The van der Waals surface area contributed by atoms with Gasteiger partial charge >= 0.3 is 0 Å². The van der Waals surface area contributed by atoms with Crippen LogP contribution in [-0.4, -0.2) is 26.2 Å². The van der Waals surface area contributed by atoms with Gasteiger partial charge in [0.2, 0.25) is 5.91 Å². The van der Waals surface area contributed by atoms with Crippen molar-refractivity contribution in [2.75, 3.05) is 5.75 Å². The first-order valence-corrected chi connectivity index (χ1v) is 9.52. The molecule has 0 radical (unpaired) electrons. The standard InChI is InChI=1S/C20H20N4O2S/c1-3-12-24-19(26)16-10-7-11-21-18(16)23-20(24)27-13-17(25)22-14(2)15-8-5-4-6-9-15/h3-11,14H,1,12-13H2,2H3,(H,22,25)/t14-/m1/s1. The van der Waals surface area contributed by atoms with E-state index in [0.29, 0.717) is 22.7 Å². The molecule has 2 aromatic heterocycles. The third kappa shape index (κ3) is 4.43. The number of rotatable bonds is 7. The van der Waals surface area contributed by atoms with E-state index in [-0.39, 0.29) is 23.3 Å². The highest BCUT2D eigenvalue weighted by Crippen LogP contribution is 2.18. The molecule has 0 saturated heterocycles. The molecular formula is C20H20N4O2S. The number of allylic oxidation sites excluding steroid dienone is 1. The Kier molecular flexibility index (Phi) is 6.03. The van der Waals surface area contributed by atoms with Gasteiger partial charge < -0.3 is 5.32 Å². The van der Waals surface area contributed by atoms with Crippen molar-refractivity contribution >= 4 is 28.7 Å². The molecule has 0 aliphatic rings. The number of hydrogen-bond donors (Lipinski definition) is 1. The highest BCUT2D eigenvalue weighted by molar-refractivity contribution is 7.99. The van der Waals surface area contributed by atoms with Crippen LogP contribution in [0.1, 0.15) is 18.5 Å². The van der Waals surface area contributed by atoms with E-state index in [9.17, 15) is 9.59 Å². The molecule has 0 bridgehead atoms. The number of fused-ring (bicyclic) bond motifs is 1. The molecule has 3 aromatic rings. The molecule has 27 heavy (non-hydrogen) atoms. The molecule has 1 amide bonds. The first-order valence-electron chi connectivity index (χ1n) is 8.53. The van der Waals surface area contributed by atoms with E-state index >= 15 is 0 Å². The lowest BCUT2D eigenvalue weighted by molar-refractivity contribution is -0.119. The van der Waals surface area contributed by atoms with Crippen molar-refractivity contribution in [1.29, 1.82) is 0 Å². The first kappa shape index (κ1) is 18.8. The smallest absolute Gasteiger partial charge is 0.263 e. The molecule has 0 unspecified atom stereocenters. The van der Waals surface area contributed by atoms with Crippen LogP contribution in [-0.2, 0) is 11.3 Å². The number of carbonyl (C=O) groups excluding carboxylic acids is 1. The number of pyridine rings is 1. The van der Waals surface area contributed by atoms with Crippen molar-refractivity contribution in [2.24, 2.45) is 0 Å². The van der Waals surface area contributed by atoms with Gasteiger partial charge in [0.05, 0.1) is 17.2 Å². The fourth-order valence-electron chi connectivity index (χ4n) is 2.67. The molecule has 1 N–H and O–H groups in total. The van der Waals surface area contributed by atoms with Crippen LogP contribution in [0, 0.1) is 0 Å². The van der Waals surface area contributed by atoms with Gasteiger partial charge in [0.15, 0.2) is 10.8 Å². The van der Waals surface area contributed by atoms with E-state index in [1.54, 1.807) is 24.4 Å². The average Bonchev–Trinajstić information content (AvgIpc) is 2.69. The van der Waals surface area contributed by atoms with Gasteiger partial charge in [-0.05, 0) is 24.6 Å². The molecule has 0 saturated carbocycles. The molecule has 138 valence electrons. The summed E-state index contributed by atoms with van der Waals surface area (Å²) in [6.07, 6.45) is 3.22. The number of benzene rings is 1. The van der Waals surface area contributed by atoms with Gasteiger partial charge in [0, 0.05) is 12.7 Å². The summed E-state index contributed by atoms with van der Waals surface area (Å²) in [5, 5.41) is 3.86. The number of carbonyl (C=O) groups is 1. The van der Waals surface area contributed by atoms with Crippen LogP contribution in [0.4, 0.5) is 0 Å². The van der Waals surface area contributed by atoms with E-state index in [1.807, 2.05) is 37.3 Å². The van der Waals surface area contributed by atoms with Gasteiger partial charge in [-0.25, -0.2) is 9.97 Å². The molecule has 0 spiro atoms. The predicted molar refractivity (Wildman–Crippen MR) is 108 cm³/mol. The second-order valence-electron chi connectivity index (χ2n) is 5.96. The molecule has 6 nitrogen and oxygen atoms in total. The van der Waals surface area contributed by atoms with Gasteiger partial charge in [-0.15, -0.1) is 6.58 Å². The lowest BCUT2D eigenvalue weighted by Crippen LogP contribution is -2.29. The van der Waals surface area contributed by atoms with Crippen molar-refractivity contribution in [1.82, 2.24) is 19.9 Å². The van der Waals surface area contributed by atoms with Gasteiger partial charge in [-0.1, -0.05) is 48.2 Å². The van der Waals surface area contributed by atoms with Crippen LogP contribution in [0.15, 0.2) is 71.3 Å². The van der Waals surface area contributed by atoms with E-state index in [4.69, 9.17) is 0 Å². The Bertz CT molecular complexity index is 1020. The van der Waals surface area contributed by atoms with Crippen molar-refractivity contribution < 1.29 is 4.79 Å². The maximum Gasteiger partial charge on any atom is 0.263 e. The Balaban J connectivity index is 1.76. The quantitative estimate of drug-likeness (QED) is 0.387.